The van der Waals surface area contributed by atoms with Crippen LogP contribution in [0.5, 0.6) is 0 Å². The van der Waals surface area contributed by atoms with E-state index in [0.717, 1.165) is 17.7 Å². The average molecular weight is 157 g/mol. The summed E-state index contributed by atoms with van der Waals surface area (Å²) in [4.78, 5) is 22.9. The molecule has 0 atom stereocenters. The zero-order valence-electron chi connectivity index (χ0n) is 7.39. The van der Waals surface area contributed by atoms with Crippen molar-refractivity contribution < 1.29 is 9.59 Å². The molecule has 3 nitrogen and oxygen atoms in total. The molecular weight excluding hydrogens is 142 g/mol. The van der Waals surface area contributed by atoms with Crippen LogP contribution < -0.4 is 0 Å². The predicted octanol–water partition coefficient (Wildman–Crippen LogP) is 1.18. The Balaban J connectivity index is 3.74. The van der Waals surface area contributed by atoms with E-state index in [1.54, 1.807) is 0 Å². The normalized spacial score (nSPS) is 9.36. The smallest absolute Gasteiger partial charge is 0.228 e. The lowest BCUT2D eigenvalue weighted by atomic mass is 10.2. The highest BCUT2D eigenvalue weighted by atomic mass is 16.2. The molecule has 0 radical (unpaired) electrons. The monoisotopic (exact) mass is 157 g/mol. The molecule has 0 spiro atoms. The molecule has 0 N–H and O–H groups in total. The van der Waals surface area contributed by atoms with Gasteiger partial charge in [-0.15, -0.1) is 0 Å². The van der Waals surface area contributed by atoms with Gasteiger partial charge in [-0.05, 0) is 6.42 Å². The first kappa shape index (κ1) is 10.1. The molecule has 0 saturated carbocycles. The van der Waals surface area contributed by atoms with Gasteiger partial charge in [0, 0.05) is 20.4 Å². The summed E-state index contributed by atoms with van der Waals surface area (Å²) in [7, 11) is 1.51. The van der Waals surface area contributed by atoms with Crippen LogP contribution in [0.25, 0.3) is 0 Å². The van der Waals surface area contributed by atoms with Crippen LogP contribution in [0.2, 0.25) is 0 Å². The number of carbonyl (C=O) groups is 2. The van der Waals surface area contributed by atoms with E-state index in [0.29, 0.717) is 6.42 Å². The largest absolute Gasteiger partial charge is 0.286 e. The quantitative estimate of drug-likeness (QED) is 0.617. The Kier molecular flexibility index (Phi) is 4.50. The van der Waals surface area contributed by atoms with E-state index in [1.807, 2.05) is 6.92 Å². The molecule has 0 heterocycles. The van der Waals surface area contributed by atoms with Gasteiger partial charge in [0.15, 0.2) is 0 Å². The van der Waals surface area contributed by atoms with Crippen molar-refractivity contribution in [3.8, 4) is 0 Å². The first-order valence-corrected chi connectivity index (χ1v) is 3.86. The summed E-state index contributed by atoms with van der Waals surface area (Å²) in [5.74, 6) is -0.273. The van der Waals surface area contributed by atoms with Crippen LogP contribution >= 0.6 is 0 Å². The summed E-state index contributed by atoms with van der Waals surface area (Å²) >= 11 is 0. The van der Waals surface area contributed by atoms with Crippen molar-refractivity contribution in [2.24, 2.45) is 0 Å². The van der Waals surface area contributed by atoms with Gasteiger partial charge in [0.2, 0.25) is 11.8 Å². The lowest BCUT2D eigenvalue weighted by molar-refractivity contribution is -0.141. The second-order valence-electron chi connectivity index (χ2n) is 2.58. The Morgan fingerprint density at radius 1 is 1.36 bits per heavy atom. The van der Waals surface area contributed by atoms with Gasteiger partial charge in [0.05, 0.1) is 0 Å². The molecule has 11 heavy (non-hydrogen) atoms. The molecule has 0 fully saturated rings. The van der Waals surface area contributed by atoms with E-state index in [4.69, 9.17) is 0 Å². The number of hydrogen-bond donors (Lipinski definition) is 0. The van der Waals surface area contributed by atoms with Crippen LogP contribution in [0.15, 0.2) is 0 Å². The molecule has 0 aliphatic rings. The molecule has 0 rings (SSSR count). The van der Waals surface area contributed by atoms with Gasteiger partial charge in [-0.2, -0.15) is 0 Å². The molecule has 0 aromatic heterocycles. The topological polar surface area (TPSA) is 37.4 Å². The Morgan fingerprint density at radius 3 is 2.27 bits per heavy atom. The van der Waals surface area contributed by atoms with E-state index in [9.17, 15) is 9.59 Å². The summed E-state index contributed by atoms with van der Waals surface area (Å²) in [6.45, 7) is 3.41. The van der Waals surface area contributed by atoms with Gasteiger partial charge in [-0.3, -0.25) is 14.5 Å². The minimum Gasteiger partial charge on any atom is -0.286 e. The third kappa shape index (κ3) is 3.75. The fourth-order valence-electron chi connectivity index (χ4n) is 0.671. The summed E-state index contributed by atoms with van der Waals surface area (Å²) in [6.07, 6.45) is 2.32. The van der Waals surface area contributed by atoms with Crippen molar-refractivity contribution in [1.29, 1.82) is 0 Å². The van der Waals surface area contributed by atoms with Crippen molar-refractivity contribution >= 4 is 11.8 Å². The molecule has 0 bridgehead atoms. The first-order chi connectivity index (χ1) is 5.09. The Hall–Kier alpha value is -0.860. The van der Waals surface area contributed by atoms with Gasteiger partial charge >= 0.3 is 0 Å². The molecule has 2 amide bonds. The second kappa shape index (κ2) is 4.88. The number of rotatable bonds is 3. The lowest BCUT2D eigenvalue weighted by Gasteiger charge is -2.11. The number of carbonyl (C=O) groups excluding carboxylic acids is 2. The SMILES string of the molecule is CCCCC(=O)N(C)C(C)=O. The molecule has 0 saturated heterocycles. The average Bonchev–Trinajstić information content (AvgIpc) is 1.98. The molecule has 0 unspecified atom stereocenters. The van der Waals surface area contributed by atoms with Gasteiger partial charge in [-0.1, -0.05) is 13.3 Å². The van der Waals surface area contributed by atoms with Crippen LogP contribution in [0, 0.1) is 0 Å². The zero-order chi connectivity index (χ0) is 8.85. The minimum atomic E-state index is -0.189. The van der Waals surface area contributed by atoms with Crippen LogP contribution in [0.4, 0.5) is 0 Å². The highest BCUT2D eigenvalue weighted by Crippen LogP contribution is 1.98. The summed E-state index contributed by atoms with van der Waals surface area (Å²) in [6, 6.07) is 0. The Bertz CT molecular complexity index is 154. The third-order valence-corrected chi connectivity index (χ3v) is 1.59. The van der Waals surface area contributed by atoms with Gasteiger partial charge < -0.3 is 0 Å². The summed E-state index contributed by atoms with van der Waals surface area (Å²) < 4.78 is 0. The van der Waals surface area contributed by atoms with E-state index < -0.39 is 0 Å². The number of unbranched alkanes of at least 4 members (excludes halogenated alkanes) is 1. The third-order valence-electron chi connectivity index (χ3n) is 1.59. The second-order valence-corrected chi connectivity index (χ2v) is 2.58. The van der Waals surface area contributed by atoms with Crippen molar-refractivity contribution in [3.05, 3.63) is 0 Å². The maximum Gasteiger partial charge on any atom is 0.228 e. The van der Waals surface area contributed by atoms with Crippen LogP contribution in [0.3, 0.4) is 0 Å². The molecule has 0 aliphatic carbocycles. The standard InChI is InChI=1S/C8H15NO2/c1-4-5-6-8(11)9(3)7(2)10/h4-6H2,1-3H3. The summed E-state index contributed by atoms with van der Waals surface area (Å²) in [5, 5.41) is 0. The number of imide groups is 1. The Labute approximate surface area is 67.4 Å². The number of amides is 2. The molecule has 0 aromatic rings. The fourth-order valence-corrected chi connectivity index (χ4v) is 0.671. The molecule has 64 valence electrons. The fraction of sp³-hybridized carbons (Fsp3) is 0.750. The molecular formula is C8H15NO2. The maximum atomic E-state index is 11.0. The Morgan fingerprint density at radius 2 is 1.91 bits per heavy atom. The van der Waals surface area contributed by atoms with Crippen molar-refractivity contribution in [3.63, 3.8) is 0 Å². The highest BCUT2D eigenvalue weighted by Gasteiger charge is 2.10. The highest BCUT2D eigenvalue weighted by molar-refractivity contribution is 5.93. The van der Waals surface area contributed by atoms with E-state index in [2.05, 4.69) is 0 Å². The zero-order valence-corrected chi connectivity index (χ0v) is 7.39. The molecule has 0 aliphatic heterocycles. The van der Waals surface area contributed by atoms with E-state index >= 15 is 0 Å². The van der Waals surface area contributed by atoms with Crippen LogP contribution in [0.1, 0.15) is 33.1 Å². The lowest BCUT2D eigenvalue weighted by Crippen LogP contribution is -2.30. The van der Waals surface area contributed by atoms with Gasteiger partial charge in [0.25, 0.3) is 0 Å². The molecule has 0 aromatic carbocycles. The van der Waals surface area contributed by atoms with Gasteiger partial charge in [0.1, 0.15) is 0 Å². The van der Waals surface area contributed by atoms with Crippen LogP contribution in [-0.4, -0.2) is 23.8 Å². The number of nitrogens with zero attached hydrogens (tertiary/aromatic N) is 1. The predicted molar refractivity (Wildman–Crippen MR) is 43.0 cm³/mol. The van der Waals surface area contributed by atoms with Crippen LogP contribution in [-0.2, 0) is 9.59 Å². The van der Waals surface area contributed by atoms with Crippen molar-refractivity contribution in [2.75, 3.05) is 7.05 Å². The van der Waals surface area contributed by atoms with Gasteiger partial charge in [-0.25, -0.2) is 0 Å². The minimum absolute atomic E-state index is 0.0839. The first-order valence-electron chi connectivity index (χ1n) is 3.86. The molecule has 3 heteroatoms. The number of hydrogen-bond acceptors (Lipinski definition) is 2. The summed E-state index contributed by atoms with van der Waals surface area (Å²) in [5.41, 5.74) is 0. The maximum absolute atomic E-state index is 11.0. The van der Waals surface area contributed by atoms with Crippen molar-refractivity contribution in [1.82, 2.24) is 4.90 Å². The van der Waals surface area contributed by atoms with E-state index in [-0.39, 0.29) is 11.8 Å². The van der Waals surface area contributed by atoms with E-state index in [1.165, 1.54) is 14.0 Å². The van der Waals surface area contributed by atoms with Crippen molar-refractivity contribution in [2.45, 2.75) is 33.1 Å².